The van der Waals surface area contributed by atoms with Crippen LogP contribution < -0.4 is 0 Å². The Morgan fingerprint density at radius 3 is 2.65 bits per heavy atom. The number of nitrogens with zero attached hydrogens (tertiary/aromatic N) is 2. The summed E-state index contributed by atoms with van der Waals surface area (Å²) in [5.41, 5.74) is 0.485. The first kappa shape index (κ1) is 13.8. The van der Waals surface area contributed by atoms with Gasteiger partial charge in [0.05, 0.1) is 22.5 Å². The summed E-state index contributed by atoms with van der Waals surface area (Å²) in [6.07, 6.45) is 0.320. The highest BCUT2D eigenvalue weighted by molar-refractivity contribution is 6.42. The fourth-order valence-corrected chi connectivity index (χ4v) is 1.70. The Kier molecular flexibility index (Phi) is 5.27. The molecule has 1 amide bonds. The van der Waals surface area contributed by atoms with E-state index in [1.54, 1.807) is 23.1 Å². The molecule has 0 saturated heterocycles. The molecule has 0 heterocycles. The molecule has 90 valence electrons. The first-order valence-electron chi connectivity index (χ1n) is 5.21. The molecule has 0 aliphatic carbocycles. The maximum absolute atomic E-state index is 12.1. The Morgan fingerprint density at radius 1 is 1.41 bits per heavy atom. The number of amides is 1. The highest BCUT2D eigenvalue weighted by Gasteiger charge is 2.14. The van der Waals surface area contributed by atoms with Crippen LogP contribution in [0.1, 0.15) is 23.7 Å². The minimum Gasteiger partial charge on any atom is -0.338 e. The van der Waals surface area contributed by atoms with Crippen LogP contribution in [-0.4, -0.2) is 23.9 Å². The molecule has 1 aromatic rings. The average molecular weight is 271 g/mol. The number of nitriles is 1. The highest BCUT2D eigenvalue weighted by Crippen LogP contribution is 2.23. The van der Waals surface area contributed by atoms with E-state index >= 15 is 0 Å². The van der Waals surface area contributed by atoms with E-state index in [0.717, 1.165) is 0 Å². The van der Waals surface area contributed by atoms with E-state index in [1.165, 1.54) is 0 Å². The van der Waals surface area contributed by atoms with Gasteiger partial charge in [0.2, 0.25) is 0 Å². The van der Waals surface area contributed by atoms with E-state index in [2.05, 4.69) is 0 Å². The van der Waals surface area contributed by atoms with Gasteiger partial charge < -0.3 is 4.90 Å². The Bertz CT molecular complexity index is 454. The van der Waals surface area contributed by atoms with Gasteiger partial charge >= 0.3 is 0 Å². The van der Waals surface area contributed by atoms with Gasteiger partial charge in [-0.3, -0.25) is 4.79 Å². The second-order valence-electron chi connectivity index (χ2n) is 3.42. The summed E-state index contributed by atoms with van der Waals surface area (Å²) in [6.45, 7) is 2.85. The smallest absolute Gasteiger partial charge is 0.253 e. The topological polar surface area (TPSA) is 44.1 Å². The molecule has 0 aliphatic rings. The number of carbonyl (C=O) groups is 1. The molecule has 0 aromatic heterocycles. The predicted octanol–water partition coefficient (Wildman–Crippen LogP) is 3.37. The van der Waals surface area contributed by atoms with Crippen LogP contribution in [0.25, 0.3) is 0 Å². The third-order valence-corrected chi connectivity index (χ3v) is 3.07. The maximum Gasteiger partial charge on any atom is 0.253 e. The third-order valence-electron chi connectivity index (χ3n) is 2.33. The summed E-state index contributed by atoms with van der Waals surface area (Å²) in [4.78, 5) is 13.7. The number of rotatable bonds is 4. The Hall–Kier alpha value is -1.24. The quantitative estimate of drug-likeness (QED) is 0.842. The Morgan fingerprint density at radius 2 is 2.12 bits per heavy atom. The second kappa shape index (κ2) is 6.48. The molecule has 0 spiro atoms. The molecule has 1 rings (SSSR count). The first-order chi connectivity index (χ1) is 8.10. The van der Waals surface area contributed by atoms with Gasteiger partial charge in [0.15, 0.2) is 0 Å². The molecule has 0 unspecified atom stereocenters. The van der Waals surface area contributed by atoms with Crippen molar-refractivity contribution in [3.8, 4) is 6.07 Å². The van der Waals surface area contributed by atoms with Gasteiger partial charge in [-0.2, -0.15) is 5.26 Å². The molecule has 1 aromatic carbocycles. The highest BCUT2D eigenvalue weighted by atomic mass is 35.5. The minimum atomic E-state index is -0.138. The molecular formula is C12H12Cl2N2O. The average Bonchev–Trinajstić information content (AvgIpc) is 2.33. The van der Waals surface area contributed by atoms with Crippen LogP contribution in [0, 0.1) is 11.3 Å². The van der Waals surface area contributed by atoms with Crippen molar-refractivity contribution in [2.75, 3.05) is 13.1 Å². The SMILES string of the molecule is CCN(CCC#N)C(=O)c1ccc(Cl)c(Cl)c1. The Labute approximate surface area is 111 Å². The van der Waals surface area contributed by atoms with Gasteiger partial charge in [-0.1, -0.05) is 23.2 Å². The normalized spacial score (nSPS) is 9.76. The number of carbonyl (C=O) groups excluding carboxylic acids is 1. The van der Waals surface area contributed by atoms with Crippen LogP contribution in [0.15, 0.2) is 18.2 Å². The van der Waals surface area contributed by atoms with Crippen molar-refractivity contribution in [1.29, 1.82) is 5.26 Å². The minimum absolute atomic E-state index is 0.138. The van der Waals surface area contributed by atoms with Gasteiger partial charge in [-0.15, -0.1) is 0 Å². The van der Waals surface area contributed by atoms with Crippen LogP contribution >= 0.6 is 23.2 Å². The summed E-state index contributed by atoms with van der Waals surface area (Å²) < 4.78 is 0. The molecule has 0 saturated carbocycles. The molecule has 5 heteroatoms. The van der Waals surface area contributed by atoms with E-state index < -0.39 is 0 Å². The summed E-state index contributed by atoms with van der Waals surface area (Å²) in [5.74, 6) is -0.138. The van der Waals surface area contributed by atoms with Crippen molar-refractivity contribution >= 4 is 29.1 Å². The van der Waals surface area contributed by atoms with E-state index in [9.17, 15) is 4.79 Å². The zero-order chi connectivity index (χ0) is 12.8. The van der Waals surface area contributed by atoms with Gasteiger partial charge in [-0.25, -0.2) is 0 Å². The number of hydrogen-bond acceptors (Lipinski definition) is 2. The predicted molar refractivity (Wildman–Crippen MR) is 68.3 cm³/mol. The Balaban J connectivity index is 2.86. The van der Waals surface area contributed by atoms with Gasteiger partial charge in [0.1, 0.15) is 0 Å². The fraction of sp³-hybridized carbons (Fsp3) is 0.333. The summed E-state index contributed by atoms with van der Waals surface area (Å²) >= 11 is 11.6. The largest absolute Gasteiger partial charge is 0.338 e. The first-order valence-corrected chi connectivity index (χ1v) is 5.97. The molecule has 0 aliphatic heterocycles. The molecular weight excluding hydrogens is 259 g/mol. The lowest BCUT2D eigenvalue weighted by atomic mass is 10.2. The van der Waals surface area contributed by atoms with Crippen LogP contribution in [-0.2, 0) is 0 Å². The number of hydrogen-bond donors (Lipinski definition) is 0. The van der Waals surface area contributed by atoms with Crippen LogP contribution in [0.4, 0.5) is 0 Å². The van der Waals surface area contributed by atoms with E-state index in [0.29, 0.717) is 35.1 Å². The zero-order valence-corrected chi connectivity index (χ0v) is 10.9. The standard InChI is InChI=1S/C12H12Cl2N2O/c1-2-16(7-3-6-15)12(17)9-4-5-10(13)11(14)8-9/h4-5,8H,2-3,7H2,1H3. The molecule has 17 heavy (non-hydrogen) atoms. The number of benzene rings is 1. The molecule has 0 N–H and O–H groups in total. The van der Waals surface area contributed by atoms with Crippen molar-refractivity contribution in [1.82, 2.24) is 4.90 Å². The zero-order valence-electron chi connectivity index (χ0n) is 9.41. The lowest BCUT2D eigenvalue weighted by Crippen LogP contribution is -2.31. The van der Waals surface area contributed by atoms with Crippen molar-refractivity contribution in [2.24, 2.45) is 0 Å². The van der Waals surface area contributed by atoms with Crippen LogP contribution in [0.2, 0.25) is 10.0 Å². The lowest BCUT2D eigenvalue weighted by Gasteiger charge is -2.19. The summed E-state index contributed by atoms with van der Waals surface area (Å²) in [7, 11) is 0. The van der Waals surface area contributed by atoms with Crippen molar-refractivity contribution in [3.63, 3.8) is 0 Å². The van der Waals surface area contributed by atoms with E-state index in [1.807, 2.05) is 13.0 Å². The van der Waals surface area contributed by atoms with E-state index in [-0.39, 0.29) is 5.91 Å². The van der Waals surface area contributed by atoms with Gasteiger partial charge in [0, 0.05) is 18.7 Å². The molecule has 0 radical (unpaired) electrons. The van der Waals surface area contributed by atoms with Crippen LogP contribution in [0.5, 0.6) is 0 Å². The number of halogens is 2. The molecule has 0 bridgehead atoms. The molecule has 0 fully saturated rings. The van der Waals surface area contributed by atoms with Crippen molar-refractivity contribution in [2.45, 2.75) is 13.3 Å². The lowest BCUT2D eigenvalue weighted by molar-refractivity contribution is 0.0768. The molecule has 3 nitrogen and oxygen atoms in total. The monoisotopic (exact) mass is 270 g/mol. The van der Waals surface area contributed by atoms with Crippen molar-refractivity contribution < 1.29 is 4.79 Å². The van der Waals surface area contributed by atoms with Gasteiger partial charge in [-0.05, 0) is 25.1 Å². The molecule has 0 atom stereocenters. The van der Waals surface area contributed by atoms with Crippen LogP contribution in [0.3, 0.4) is 0 Å². The fourth-order valence-electron chi connectivity index (χ4n) is 1.40. The van der Waals surface area contributed by atoms with E-state index in [4.69, 9.17) is 28.5 Å². The summed E-state index contributed by atoms with van der Waals surface area (Å²) in [5, 5.41) is 9.29. The maximum atomic E-state index is 12.1. The van der Waals surface area contributed by atoms with Gasteiger partial charge in [0.25, 0.3) is 5.91 Å². The third kappa shape index (κ3) is 3.62. The van der Waals surface area contributed by atoms with Crippen molar-refractivity contribution in [3.05, 3.63) is 33.8 Å². The summed E-state index contributed by atoms with van der Waals surface area (Å²) in [6, 6.07) is 6.78. The second-order valence-corrected chi connectivity index (χ2v) is 4.24.